The molecule has 0 aromatic heterocycles. The van der Waals surface area contributed by atoms with Crippen LogP contribution in [0, 0.1) is 13.8 Å². The first-order chi connectivity index (χ1) is 9.45. The first-order valence-corrected chi connectivity index (χ1v) is 7.12. The van der Waals surface area contributed by atoms with Crippen molar-refractivity contribution in [3.8, 4) is 11.5 Å². The van der Waals surface area contributed by atoms with E-state index in [1.165, 1.54) is 11.1 Å². The molecule has 0 bridgehead atoms. The van der Waals surface area contributed by atoms with Crippen molar-refractivity contribution in [1.82, 2.24) is 0 Å². The maximum absolute atomic E-state index is 5.95. The number of ether oxygens (including phenoxy) is 1. The normalized spacial score (nSPS) is 12.2. The Morgan fingerprint density at radius 3 is 2.45 bits per heavy atom. The lowest BCUT2D eigenvalue weighted by Crippen LogP contribution is -2.18. The Morgan fingerprint density at radius 1 is 1.10 bits per heavy atom. The Labute approximate surface area is 125 Å². The van der Waals surface area contributed by atoms with Gasteiger partial charge >= 0.3 is 0 Å². The Morgan fingerprint density at radius 2 is 1.85 bits per heavy atom. The average Bonchev–Trinajstić information content (AvgIpc) is 2.36. The lowest BCUT2D eigenvalue weighted by Gasteiger charge is -2.13. The number of rotatable bonds is 4. The van der Waals surface area contributed by atoms with E-state index in [2.05, 4.69) is 13.0 Å². The molecule has 0 aliphatic carbocycles. The van der Waals surface area contributed by atoms with Crippen LogP contribution in [-0.4, -0.2) is 6.04 Å². The predicted molar refractivity (Wildman–Crippen MR) is 84.8 cm³/mol. The number of hydrogen-bond acceptors (Lipinski definition) is 2. The Bertz CT molecular complexity index is 608. The fourth-order valence-corrected chi connectivity index (χ4v) is 2.39. The van der Waals surface area contributed by atoms with Gasteiger partial charge in [-0.15, -0.1) is 0 Å². The minimum absolute atomic E-state index is 0.166. The maximum atomic E-state index is 5.95. The lowest BCUT2D eigenvalue weighted by molar-refractivity contribution is 0.478. The van der Waals surface area contributed by atoms with Crippen LogP contribution in [0.5, 0.6) is 11.5 Å². The summed E-state index contributed by atoms with van der Waals surface area (Å²) in [5.74, 6) is 1.66. The molecule has 2 aromatic carbocycles. The molecular weight excluding hydrogens is 270 g/mol. The highest BCUT2D eigenvalue weighted by Crippen LogP contribution is 2.28. The van der Waals surface area contributed by atoms with E-state index >= 15 is 0 Å². The van der Waals surface area contributed by atoms with Crippen LogP contribution in [0.3, 0.4) is 0 Å². The van der Waals surface area contributed by atoms with Crippen molar-refractivity contribution in [2.45, 2.75) is 33.2 Å². The van der Waals surface area contributed by atoms with Gasteiger partial charge in [0.1, 0.15) is 11.5 Å². The molecule has 2 nitrogen and oxygen atoms in total. The van der Waals surface area contributed by atoms with Gasteiger partial charge in [-0.2, -0.15) is 0 Å². The SMILES string of the molecule is Cc1cc(Oc2ccc(Cl)cc2C)ccc1CC(C)N. The fourth-order valence-electron chi connectivity index (χ4n) is 2.16. The van der Waals surface area contributed by atoms with Gasteiger partial charge in [-0.1, -0.05) is 17.7 Å². The summed E-state index contributed by atoms with van der Waals surface area (Å²) in [5, 5.41) is 0.721. The van der Waals surface area contributed by atoms with Crippen molar-refractivity contribution in [2.75, 3.05) is 0 Å². The van der Waals surface area contributed by atoms with Crippen LogP contribution in [0.25, 0.3) is 0 Å². The Balaban J connectivity index is 2.20. The van der Waals surface area contributed by atoms with Gasteiger partial charge in [0.05, 0.1) is 0 Å². The van der Waals surface area contributed by atoms with Crippen molar-refractivity contribution in [3.63, 3.8) is 0 Å². The third-order valence-corrected chi connectivity index (χ3v) is 3.46. The van der Waals surface area contributed by atoms with E-state index in [-0.39, 0.29) is 6.04 Å². The van der Waals surface area contributed by atoms with Gasteiger partial charge in [0.15, 0.2) is 0 Å². The van der Waals surface area contributed by atoms with Gasteiger partial charge in [-0.05, 0) is 74.2 Å². The molecule has 0 spiro atoms. The predicted octanol–water partition coefficient (Wildman–Crippen LogP) is 4.64. The van der Waals surface area contributed by atoms with Crippen LogP contribution in [0.2, 0.25) is 5.02 Å². The quantitative estimate of drug-likeness (QED) is 0.890. The number of nitrogens with two attached hydrogens (primary N) is 1. The minimum Gasteiger partial charge on any atom is -0.457 e. The Kier molecular flexibility index (Phi) is 4.69. The van der Waals surface area contributed by atoms with Crippen molar-refractivity contribution in [1.29, 1.82) is 0 Å². The van der Waals surface area contributed by atoms with Crippen LogP contribution >= 0.6 is 11.6 Å². The molecule has 20 heavy (non-hydrogen) atoms. The van der Waals surface area contributed by atoms with Gasteiger partial charge in [-0.25, -0.2) is 0 Å². The third kappa shape index (κ3) is 3.75. The molecule has 1 atom stereocenters. The van der Waals surface area contributed by atoms with Gasteiger partial charge in [0, 0.05) is 11.1 Å². The molecule has 0 aliphatic heterocycles. The zero-order valence-corrected chi connectivity index (χ0v) is 12.9. The molecule has 0 heterocycles. The molecule has 0 aliphatic rings. The van der Waals surface area contributed by atoms with E-state index in [4.69, 9.17) is 22.1 Å². The molecule has 0 fully saturated rings. The molecule has 0 radical (unpaired) electrons. The highest BCUT2D eigenvalue weighted by atomic mass is 35.5. The summed E-state index contributed by atoms with van der Waals surface area (Å²) in [6, 6.07) is 11.9. The second kappa shape index (κ2) is 6.29. The largest absolute Gasteiger partial charge is 0.457 e. The zero-order chi connectivity index (χ0) is 14.7. The minimum atomic E-state index is 0.166. The lowest BCUT2D eigenvalue weighted by atomic mass is 10.0. The van der Waals surface area contributed by atoms with E-state index in [1.807, 2.05) is 44.2 Å². The van der Waals surface area contributed by atoms with Crippen LogP contribution in [-0.2, 0) is 6.42 Å². The number of halogens is 1. The highest BCUT2D eigenvalue weighted by Gasteiger charge is 2.06. The summed E-state index contributed by atoms with van der Waals surface area (Å²) in [4.78, 5) is 0. The summed E-state index contributed by atoms with van der Waals surface area (Å²) in [5.41, 5.74) is 9.33. The van der Waals surface area contributed by atoms with Gasteiger partial charge in [-0.3, -0.25) is 0 Å². The molecule has 0 saturated heterocycles. The smallest absolute Gasteiger partial charge is 0.130 e. The summed E-state index contributed by atoms with van der Waals surface area (Å²) >= 11 is 5.95. The summed E-state index contributed by atoms with van der Waals surface area (Å²) < 4.78 is 5.92. The van der Waals surface area contributed by atoms with Crippen LogP contribution in [0.1, 0.15) is 23.6 Å². The molecule has 3 heteroatoms. The monoisotopic (exact) mass is 289 g/mol. The molecule has 2 rings (SSSR count). The van der Waals surface area contributed by atoms with Crippen LogP contribution in [0.15, 0.2) is 36.4 Å². The van der Waals surface area contributed by atoms with E-state index in [0.717, 1.165) is 28.5 Å². The molecular formula is C17H20ClNO. The summed E-state index contributed by atoms with van der Waals surface area (Å²) in [6.45, 7) is 6.08. The van der Waals surface area contributed by atoms with Crippen LogP contribution in [0.4, 0.5) is 0 Å². The van der Waals surface area contributed by atoms with Gasteiger partial charge in [0.2, 0.25) is 0 Å². The van der Waals surface area contributed by atoms with Gasteiger partial charge in [0.25, 0.3) is 0 Å². The van der Waals surface area contributed by atoms with Crippen LogP contribution < -0.4 is 10.5 Å². The third-order valence-electron chi connectivity index (χ3n) is 3.22. The fraction of sp³-hybridized carbons (Fsp3) is 0.294. The molecule has 0 saturated carbocycles. The van der Waals surface area contributed by atoms with E-state index < -0.39 is 0 Å². The first kappa shape index (κ1) is 14.9. The van der Waals surface area contributed by atoms with E-state index in [0.29, 0.717) is 0 Å². The van der Waals surface area contributed by atoms with Crippen molar-refractivity contribution in [3.05, 3.63) is 58.1 Å². The number of hydrogen-bond donors (Lipinski definition) is 1. The number of aryl methyl sites for hydroxylation is 2. The molecule has 2 aromatic rings. The molecule has 0 amide bonds. The maximum Gasteiger partial charge on any atom is 0.130 e. The van der Waals surface area contributed by atoms with Crippen molar-refractivity contribution < 1.29 is 4.74 Å². The summed E-state index contributed by atoms with van der Waals surface area (Å²) in [6.07, 6.45) is 0.881. The van der Waals surface area contributed by atoms with Crippen molar-refractivity contribution in [2.24, 2.45) is 5.73 Å². The average molecular weight is 290 g/mol. The standard InChI is InChI=1S/C17H20ClNO/c1-11-9-16(6-4-14(11)10-13(3)19)20-17-7-5-15(18)8-12(17)2/h4-9,13H,10,19H2,1-3H3. The highest BCUT2D eigenvalue weighted by molar-refractivity contribution is 6.30. The van der Waals surface area contributed by atoms with E-state index in [1.54, 1.807) is 0 Å². The Hall–Kier alpha value is -1.51. The second-order valence-electron chi connectivity index (χ2n) is 5.28. The van der Waals surface area contributed by atoms with E-state index in [9.17, 15) is 0 Å². The molecule has 106 valence electrons. The first-order valence-electron chi connectivity index (χ1n) is 6.75. The molecule has 2 N–H and O–H groups in total. The molecule has 1 unspecified atom stereocenters. The second-order valence-corrected chi connectivity index (χ2v) is 5.72. The zero-order valence-electron chi connectivity index (χ0n) is 12.1. The number of benzene rings is 2. The summed E-state index contributed by atoms with van der Waals surface area (Å²) in [7, 11) is 0. The topological polar surface area (TPSA) is 35.2 Å². The van der Waals surface area contributed by atoms with Gasteiger partial charge < -0.3 is 10.5 Å². The van der Waals surface area contributed by atoms with Crippen molar-refractivity contribution >= 4 is 11.6 Å².